The Balaban J connectivity index is 2.13. The molecule has 78 valence electrons. The fraction of sp³-hybridized carbons (Fsp3) is 0.667. The van der Waals surface area contributed by atoms with Gasteiger partial charge in [0.25, 0.3) is 0 Å². The van der Waals surface area contributed by atoms with Crippen molar-refractivity contribution in [2.45, 2.75) is 37.1 Å². The summed E-state index contributed by atoms with van der Waals surface area (Å²) in [6.45, 7) is 0. The van der Waals surface area contributed by atoms with E-state index in [1.165, 1.54) is 0 Å². The second-order valence-corrected chi connectivity index (χ2v) is 3.98. The van der Waals surface area contributed by atoms with Crippen LogP contribution in [0, 0.1) is 0 Å². The number of halogens is 2. The van der Waals surface area contributed by atoms with Crippen molar-refractivity contribution < 1.29 is 8.78 Å². The van der Waals surface area contributed by atoms with Gasteiger partial charge in [-0.15, -0.1) is 0 Å². The number of rotatable bonds is 1. The van der Waals surface area contributed by atoms with E-state index >= 15 is 0 Å². The van der Waals surface area contributed by atoms with E-state index in [4.69, 9.17) is 5.73 Å². The summed E-state index contributed by atoms with van der Waals surface area (Å²) in [6, 6.07) is 1.75. The summed E-state index contributed by atoms with van der Waals surface area (Å²) in [5.41, 5.74) is 6.16. The maximum Gasteiger partial charge on any atom is 0.248 e. The summed E-state index contributed by atoms with van der Waals surface area (Å²) < 4.78 is 25.8. The molecule has 1 aliphatic carbocycles. The Morgan fingerprint density at radius 2 is 1.93 bits per heavy atom. The molecule has 3 N–H and O–H groups in total. The minimum atomic E-state index is -2.54. The van der Waals surface area contributed by atoms with Crippen LogP contribution in [0.1, 0.15) is 31.4 Å². The number of nitrogens with one attached hydrogen (secondary N) is 1. The lowest BCUT2D eigenvalue weighted by atomic mass is 9.78. The number of nitrogens with two attached hydrogens (primary N) is 1. The zero-order chi connectivity index (χ0) is 10.2. The van der Waals surface area contributed by atoms with Crippen LogP contribution in [0.15, 0.2) is 12.3 Å². The molecule has 0 aliphatic heterocycles. The van der Waals surface area contributed by atoms with Crippen LogP contribution in [0.2, 0.25) is 0 Å². The molecule has 0 aromatic carbocycles. The highest BCUT2D eigenvalue weighted by Crippen LogP contribution is 2.41. The summed E-state index contributed by atoms with van der Waals surface area (Å²) in [7, 11) is 0. The van der Waals surface area contributed by atoms with Crippen LogP contribution < -0.4 is 5.73 Å². The standard InChI is InChI=1S/C9H13F2N3/c10-9(11)4-2-8(12,3-5-9)7-1-6-13-14-7/h1,6H,2-5,12H2,(H,13,14). The van der Waals surface area contributed by atoms with Gasteiger partial charge in [0.1, 0.15) is 0 Å². The number of hydrogen-bond donors (Lipinski definition) is 2. The quantitative estimate of drug-likeness (QED) is 0.727. The molecule has 1 fully saturated rings. The number of alkyl halides is 2. The van der Waals surface area contributed by atoms with Crippen molar-refractivity contribution in [3.05, 3.63) is 18.0 Å². The van der Waals surface area contributed by atoms with E-state index in [1.807, 2.05) is 0 Å². The van der Waals surface area contributed by atoms with Gasteiger partial charge in [0.05, 0.1) is 11.2 Å². The van der Waals surface area contributed by atoms with Crippen LogP contribution >= 0.6 is 0 Å². The average molecular weight is 201 g/mol. The second-order valence-electron chi connectivity index (χ2n) is 3.98. The van der Waals surface area contributed by atoms with Crippen LogP contribution in [0.5, 0.6) is 0 Å². The summed E-state index contributed by atoms with van der Waals surface area (Å²) >= 11 is 0. The van der Waals surface area contributed by atoms with E-state index in [9.17, 15) is 8.78 Å². The summed E-state index contributed by atoms with van der Waals surface area (Å²) in [6.07, 6.45) is 1.94. The molecule has 2 rings (SSSR count). The highest BCUT2D eigenvalue weighted by Gasteiger charge is 2.42. The largest absolute Gasteiger partial charge is 0.320 e. The van der Waals surface area contributed by atoms with E-state index in [-0.39, 0.29) is 12.8 Å². The Morgan fingerprint density at radius 1 is 1.29 bits per heavy atom. The molecular weight excluding hydrogens is 188 g/mol. The topological polar surface area (TPSA) is 54.7 Å². The van der Waals surface area contributed by atoms with Gasteiger partial charge in [-0.2, -0.15) is 5.10 Å². The Morgan fingerprint density at radius 3 is 2.43 bits per heavy atom. The first-order chi connectivity index (χ1) is 6.52. The third kappa shape index (κ3) is 1.64. The first-order valence-corrected chi connectivity index (χ1v) is 4.68. The maximum atomic E-state index is 12.9. The van der Waals surface area contributed by atoms with Gasteiger partial charge in [-0.05, 0) is 18.9 Å². The fourth-order valence-corrected chi connectivity index (χ4v) is 1.86. The monoisotopic (exact) mass is 201 g/mol. The third-order valence-electron chi connectivity index (χ3n) is 2.91. The molecule has 0 atom stereocenters. The normalized spacial score (nSPS) is 24.8. The molecule has 3 nitrogen and oxygen atoms in total. The number of H-pyrrole nitrogens is 1. The Kier molecular flexibility index (Phi) is 2.06. The van der Waals surface area contributed by atoms with E-state index in [0.717, 1.165) is 5.69 Å². The number of aromatic nitrogens is 2. The second kappa shape index (κ2) is 3.02. The molecule has 0 saturated heterocycles. The average Bonchev–Trinajstić information content (AvgIpc) is 2.64. The van der Waals surface area contributed by atoms with Gasteiger partial charge in [0, 0.05) is 19.0 Å². The zero-order valence-electron chi connectivity index (χ0n) is 7.76. The lowest BCUT2D eigenvalue weighted by molar-refractivity contribution is -0.0519. The minimum absolute atomic E-state index is 0.136. The van der Waals surface area contributed by atoms with Crippen molar-refractivity contribution in [1.29, 1.82) is 0 Å². The van der Waals surface area contributed by atoms with Gasteiger partial charge < -0.3 is 5.73 Å². The van der Waals surface area contributed by atoms with E-state index in [1.54, 1.807) is 12.3 Å². The highest BCUT2D eigenvalue weighted by atomic mass is 19.3. The lowest BCUT2D eigenvalue weighted by Gasteiger charge is -2.36. The van der Waals surface area contributed by atoms with Crippen LogP contribution in [-0.4, -0.2) is 16.1 Å². The summed E-state index contributed by atoms with van der Waals surface area (Å²) in [5.74, 6) is -2.54. The molecule has 1 aromatic rings. The maximum absolute atomic E-state index is 12.9. The van der Waals surface area contributed by atoms with Crippen molar-refractivity contribution in [3.8, 4) is 0 Å². The van der Waals surface area contributed by atoms with Crippen molar-refractivity contribution >= 4 is 0 Å². The van der Waals surface area contributed by atoms with E-state index in [2.05, 4.69) is 10.2 Å². The van der Waals surface area contributed by atoms with Crippen molar-refractivity contribution in [1.82, 2.24) is 10.2 Å². The summed E-state index contributed by atoms with van der Waals surface area (Å²) in [5, 5.41) is 6.54. The summed E-state index contributed by atoms with van der Waals surface area (Å²) in [4.78, 5) is 0. The molecule has 0 radical (unpaired) electrons. The van der Waals surface area contributed by atoms with Crippen LogP contribution in [-0.2, 0) is 5.54 Å². The molecule has 1 saturated carbocycles. The number of nitrogens with zero attached hydrogens (tertiary/aromatic N) is 1. The van der Waals surface area contributed by atoms with Crippen LogP contribution in [0.4, 0.5) is 8.78 Å². The zero-order valence-corrected chi connectivity index (χ0v) is 7.76. The van der Waals surface area contributed by atoms with Gasteiger partial charge in [0.15, 0.2) is 0 Å². The third-order valence-corrected chi connectivity index (χ3v) is 2.91. The molecule has 1 aliphatic rings. The first-order valence-electron chi connectivity index (χ1n) is 4.68. The molecule has 5 heteroatoms. The lowest BCUT2D eigenvalue weighted by Crippen LogP contribution is -2.43. The molecule has 14 heavy (non-hydrogen) atoms. The smallest absolute Gasteiger partial charge is 0.248 e. The molecule has 0 amide bonds. The van der Waals surface area contributed by atoms with Gasteiger partial charge in [0.2, 0.25) is 5.92 Å². The van der Waals surface area contributed by atoms with Crippen LogP contribution in [0.25, 0.3) is 0 Å². The highest BCUT2D eigenvalue weighted by molar-refractivity contribution is 5.14. The molecule has 1 heterocycles. The predicted molar refractivity (Wildman–Crippen MR) is 47.9 cm³/mol. The molecular formula is C9H13F2N3. The minimum Gasteiger partial charge on any atom is -0.320 e. The number of aromatic amines is 1. The molecule has 0 unspecified atom stereocenters. The SMILES string of the molecule is NC1(c2ccn[nH]2)CCC(F)(F)CC1. The van der Waals surface area contributed by atoms with Crippen molar-refractivity contribution in [3.63, 3.8) is 0 Å². The van der Waals surface area contributed by atoms with Crippen molar-refractivity contribution in [2.75, 3.05) is 0 Å². The Hall–Kier alpha value is -0.970. The predicted octanol–water partition coefficient (Wildman–Crippen LogP) is 1.77. The fourth-order valence-electron chi connectivity index (χ4n) is 1.86. The Labute approximate surface area is 80.7 Å². The van der Waals surface area contributed by atoms with E-state index in [0.29, 0.717) is 12.8 Å². The van der Waals surface area contributed by atoms with Gasteiger partial charge in [-0.3, -0.25) is 5.10 Å². The Bertz CT molecular complexity index is 298. The molecule has 0 bridgehead atoms. The van der Waals surface area contributed by atoms with E-state index < -0.39 is 11.5 Å². The van der Waals surface area contributed by atoms with Gasteiger partial charge >= 0.3 is 0 Å². The number of hydrogen-bond acceptors (Lipinski definition) is 2. The first kappa shape index (κ1) is 9.58. The van der Waals surface area contributed by atoms with Gasteiger partial charge in [-0.1, -0.05) is 0 Å². The van der Waals surface area contributed by atoms with Crippen molar-refractivity contribution in [2.24, 2.45) is 5.73 Å². The van der Waals surface area contributed by atoms with Crippen LogP contribution in [0.3, 0.4) is 0 Å². The molecule has 0 spiro atoms. The van der Waals surface area contributed by atoms with Gasteiger partial charge in [-0.25, -0.2) is 8.78 Å². The molecule has 1 aromatic heterocycles.